The third-order valence-electron chi connectivity index (χ3n) is 5.21. The minimum Gasteiger partial charge on any atom is -0.236 e. The van der Waals surface area contributed by atoms with Gasteiger partial charge in [-0.3, -0.25) is 0 Å². The Hall–Kier alpha value is -0.990. The summed E-state index contributed by atoms with van der Waals surface area (Å²) in [5.41, 5.74) is 1.25. The van der Waals surface area contributed by atoms with Gasteiger partial charge in [0.05, 0.1) is 0 Å². The molecule has 1 atom stereocenters. The summed E-state index contributed by atoms with van der Waals surface area (Å²) in [5, 5.41) is 0. The minimum absolute atomic E-state index is 0.0782. The van der Waals surface area contributed by atoms with Crippen molar-refractivity contribution in [2.75, 3.05) is 0 Å². The quantitative estimate of drug-likeness (QED) is 0.464. The minimum atomic E-state index is -3.32. The van der Waals surface area contributed by atoms with Crippen LogP contribution in [0.2, 0.25) is 0 Å². The highest BCUT2D eigenvalue weighted by Gasteiger charge is 2.35. The van der Waals surface area contributed by atoms with Gasteiger partial charge in [-0.25, -0.2) is 13.2 Å². The molecule has 2 rings (SSSR count). The van der Waals surface area contributed by atoms with Gasteiger partial charge >= 0.3 is 0 Å². The van der Waals surface area contributed by atoms with Crippen molar-refractivity contribution in [1.29, 1.82) is 0 Å². The molecule has 0 amide bonds. The van der Waals surface area contributed by atoms with Crippen LogP contribution in [0.15, 0.2) is 24.3 Å². The van der Waals surface area contributed by atoms with Crippen LogP contribution in [0, 0.1) is 5.92 Å². The standard InChI is InChI=1S/C20H29F3/c1-3-4-5-6-15-7-9-16(10-8-15)17-11-13-18(14-12-17)19(21)20(2,22)23/h11-16,19H,3-10H2,1-2H3. The maximum Gasteiger partial charge on any atom is 0.280 e. The monoisotopic (exact) mass is 326 g/mol. The van der Waals surface area contributed by atoms with Gasteiger partial charge in [-0.2, -0.15) is 0 Å². The molecule has 0 nitrogen and oxygen atoms in total. The van der Waals surface area contributed by atoms with Crippen LogP contribution in [0.3, 0.4) is 0 Å². The number of unbranched alkanes of at least 4 members (excludes halogenated alkanes) is 2. The molecule has 1 fully saturated rings. The van der Waals surface area contributed by atoms with E-state index in [2.05, 4.69) is 6.92 Å². The summed E-state index contributed by atoms with van der Waals surface area (Å²) in [7, 11) is 0. The first-order valence-corrected chi connectivity index (χ1v) is 9.03. The summed E-state index contributed by atoms with van der Waals surface area (Å²) >= 11 is 0. The van der Waals surface area contributed by atoms with E-state index in [0.29, 0.717) is 12.8 Å². The molecule has 3 heteroatoms. The smallest absolute Gasteiger partial charge is 0.236 e. The summed E-state index contributed by atoms with van der Waals surface area (Å²) in [4.78, 5) is 0. The zero-order valence-corrected chi connectivity index (χ0v) is 14.3. The molecular weight excluding hydrogens is 297 g/mol. The molecular formula is C20H29F3. The average Bonchev–Trinajstić information content (AvgIpc) is 2.54. The van der Waals surface area contributed by atoms with Crippen molar-refractivity contribution in [3.63, 3.8) is 0 Å². The zero-order valence-electron chi connectivity index (χ0n) is 14.3. The molecule has 1 aliphatic rings. The van der Waals surface area contributed by atoms with Crippen LogP contribution < -0.4 is 0 Å². The van der Waals surface area contributed by atoms with E-state index in [-0.39, 0.29) is 5.56 Å². The molecule has 0 saturated heterocycles. The van der Waals surface area contributed by atoms with Crippen molar-refractivity contribution in [2.24, 2.45) is 5.92 Å². The lowest BCUT2D eigenvalue weighted by Gasteiger charge is -2.29. The maximum absolute atomic E-state index is 13.7. The van der Waals surface area contributed by atoms with E-state index in [1.165, 1.54) is 69.1 Å². The van der Waals surface area contributed by atoms with Gasteiger partial charge in [-0.1, -0.05) is 56.9 Å². The summed E-state index contributed by atoms with van der Waals surface area (Å²) < 4.78 is 39.8. The number of rotatable bonds is 7. The summed E-state index contributed by atoms with van der Waals surface area (Å²) in [6, 6.07) is 6.75. The third-order valence-corrected chi connectivity index (χ3v) is 5.21. The number of hydrogen-bond acceptors (Lipinski definition) is 0. The lowest BCUT2D eigenvalue weighted by Crippen LogP contribution is -2.18. The Balaban J connectivity index is 1.87. The van der Waals surface area contributed by atoms with Gasteiger partial charge in [0.25, 0.3) is 5.92 Å². The first-order valence-electron chi connectivity index (χ1n) is 9.03. The number of benzene rings is 1. The van der Waals surface area contributed by atoms with Gasteiger partial charge < -0.3 is 0 Å². The fraction of sp³-hybridized carbons (Fsp3) is 0.700. The Labute approximate surface area is 138 Å². The molecule has 1 aromatic carbocycles. The van der Waals surface area contributed by atoms with Crippen LogP contribution in [0.4, 0.5) is 13.2 Å². The molecule has 0 N–H and O–H groups in total. The van der Waals surface area contributed by atoms with Crippen LogP contribution in [0.25, 0.3) is 0 Å². The van der Waals surface area contributed by atoms with E-state index in [0.717, 1.165) is 5.92 Å². The van der Waals surface area contributed by atoms with E-state index in [9.17, 15) is 13.2 Å². The predicted octanol–water partition coefficient (Wildman–Crippen LogP) is 7.21. The Morgan fingerprint density at radius 3 is 2.17 bits per heavy atom. The second-order valence-corrected chi connectivity index (χ2v) is 7.20. The molecule has 23 heavy (non-hydrogen) atoms. The van der Waals surface area contributed by atoms with Crippen molar-refractivity contribution in [2.45, 2.75) is 83.2 Å². The van der Waals surface area contributed by atoms with Gasteiger partial charge in [-0.15, -0.1) is 0 Å². The van der Waals surface area contributed by atoms with E-state index in [1.807, 2.05) is 12.1 Å². The second-order valence-electron chi connectivity index (χ2n) is 7.20. The van der Waals surface area contributed by atoms with E-state index >= 15 is 0 Å². The summed E-state index contributed by atoms with van der Waals surface area (Å²) in [5.74, 6) is -1.96. The average molecular weight is 326 g/mol. The predicted molar refractivity (Wildman–Crippen MR) is 89.8 cm³/mol. The van der Waals surface area contributed by atoms with Crippen LogP contribution in [0.5, 0.6) is 0 Å². The third kappa shape index (κ3) is 5.26. The Morgan fingerprint density at radius 2 is 1.65 bits per heavy atom. The Bertz CT molecular complexity index is 453. The highest BCUT2D eigenvalue weighted by atomic mass is 19.3. The fourth-order valence-corrected chi connectivity index (χ4v) is 3.70. The van der Waals surface area contributed by atoms with E-state index in [1.54, 1.807) is 0 Å². The van der Waals surface area contributed by atoms with Crippen LogP contribution in [-0.4, -0.2) is 5.92 Å². The van der Waals surface area contributed by atoms with Gasteiger partial charge in [-0.05, 0) is 48.6 Å². The molecule has 1 unspecified atom stereocenters. The maximum atomic E-state index is 13.7. The lowest BCUT2D eigenvalue weighted by atomic mass is 9.77. The molecule has 0 radical (unpaired) electrons. The first kappa shape index (κ1) is 18.4. The first-order chi connectivity index (χ1) is 10.9. The Morgan fingerprint density at radius 1 is 1.04 bits per heavy atom. The van der Waals surface area contributed by atoms with E-state index in [4.69, 9.17) is 0 Å². The summed E-state index contributed by atoms with van der Waals surface area (Å²) in [6.45, 7) is 2.86. The molecule has 0 aromatic heterocycles. The number of hydrogen-bond donors (Lipinski definition) is 0. The van der Waals surface area contributed by atoms with Crippen LogP contribution in [-0.2, 0) is 0 Å². The highest BCUT2D eigenvalue weighted by molar-refractivity contribution is 5.28. The highest BCUT2D eigenvalue weighted by Crippen LogP contribution is 2.39. The summed E-state index contributed by atoms with van der Waals surface area (Å²) in [6.07, 6.45) is 7.91. The molecule has 0 bridgehead atoms. The van der Waals surface area contributed by atoms with Crippen molar-refractivity contribution in [1.82, 2.24) is 0 Å². The van der Waals surface area contributed by atoms with Crippen molar-refractivity contribution in [3.8, 4) is 0 Å². The van der Waals surface area contributed by atoms with Crippen LogP contribution >= 0.6 is 0 Å². The van der Waals surface area contributed by atoms with Crippen molar-refractivity contribution in [3.05, 3.63) is 35.4 Å². The Kier molecular flexibility index (Phi) is 6.55. The number of halogens is 3. The van der Waals surface area contributed by atoms with Gasteiger partial charge in [0.15, 0.2) is 6.17 Å². The largest absolute Gasteiger partial charge is 0.280 e. The topological polar surface area (TPSA) is 0 Å². The molecule has 1 aromatic rings. The number of alkyl halides is 3. The SMILES string of the molecule is CCCCCC1CCC(c2ccc(C(F)C(C)(F)F)cc2)CC1. The molecule has 130 valence electrons. The molecule has 0 aliphatic heterocycles. The zero-order chi connectivity index (χ0) is 16.9. The van der Waals surface area contributed by atoms with Gasteiger partial charge in [0.1, 0.15) is 0 Å². The van der Waals surface area contributed by atoms with Gasteiger partial charge in [0, 0.05) is 6.92 Å². The van der Waals surface area contributed by atoms with Crippen molar-refractivity contribution < 1.29 is 13.2 Å². The van der Waals surface area contributed by atoms with Crippen LogP contribution in [0.1, 0.15) is 88.4 Å². The van der Waals surface area contributed by atoms with Gasteiger partial charge in [0.2, 0.25) is 0 Å². The molecule has 0 heterocycles. The molecule has 0 spiro atoms. The molecule has 1 saturated carbocycles. The van der Waals surface area contributed by atoms with Crippen molar-refractivity contribution >= 4 is 0 Å². The van der Waals surface area contributed by atoms with E-state index < -0.39 is 12.1 Å². The normalized spacial score (nSPS) is 23.7. The lowest BCUT2D eigenvalue weighted by molar-refractivity contribution is -0.0566. The fourth-order valence-electron chi connectivity index (χ4n) is 3.70. The second kappa shape index (κ2) is 8.21. The molecule has 1 aliphatic carbocycles.